The van der Waals surface area contributed by atoms with Crippen molar-refractivity contribution < 1.29 is 4.79 Å². The van der Waals surface area contributed by atoms with E-state index in [1.54, 1.807) is 23.4 Å². The third kappa shape index (κ3) is 4.06. The van der Waals surface area contributed by atoms with Gasteiger partial charge in [0, 0.05) is 26.0 Å². The quantitative estimate of drug-likeness (QED) is 0.626. The van der Waals surface area contributed by atoms with Crippen LogP contribution in [0.3, 0.4) is 0 Å². The van der Waals surface area contributed by atoms with E-state index in [-0.39, 0.29) is 5.91 Å². The number of amides is 1. The number of rotatable bonds is 5. The highest BCUT2D eigenvalue weighted by molar-refractivity contribution is 7.99. The van der Waals surface area contributed by atoms with Crippen LogP contribution in [0.5, 0.6) is 0 Å². The Bertz CT molecular complexity index is 574. The highest BCUT2D eigenvalue weighted by Crippen LogP contribution is 2.14. The van der Waals surface area contributed by atoms with Gasteiger partial charge < -0.3 is 4.90 Å². The maximum atomic E-state index is 12.1. The molecule has 0 saturated heterocycles. The molecule has 20 heavy (non-hydrogen) atoms. The highest BCUT2D eigenvalue weighted by atomic mass is 32.2. The molecule has 0 atom stereocenters. The first kappa shape index (κ1) is 14.5. The van der Waals surface area contributed by atoms with Gasteiger partial charge in [0.1, 0.15) is 0 Å². The molecule has 0 bridgehead atoms. The van der Waals surface area contributed by atoms with Crippen molar-refractivity contribution in [3.8, 4) is 0 Å². The van der Waals surface area contributed by atoms with Gasteiger partial charge in [-0.15, -0.1) is 0 Å². The topological polar surface area (TPSA) is 46.1 Å². The molecule has 5 heteroatoms. The second-order valence-electron chi connectivity index (χ2n) is 4.50. The summed E-state index contributed by atoms with van der Waals surface area (Å²) in [7, 11) is 1.82. The Hall–Kier alpha value is -1.88. The number of hydrogen-bond acceptors (Lipinski definition) is 4. The lowest BCUT2D eigenvalue weighted by Crippen LogP contribution is -2.28. The summed E-state index contributed by atoms with van der Waals surface area (Å²) in [5.41, 5.74) is 2.37. The smallest absolute Gasteiger partial charge is 0.233 e. The van der Waals surface area contributed by atoms with Crippen LogP contribution < -0.4 is 0 Å². The van der Waals surface area contributed by atoms with Gasteiger partial charge in [0.25, 0.3) is 0 Å². The van der Waals surface area contributed by atoms with Crippen LogP contribution >= 0.6 is 11.8 Å². The third-order valence-electron chi connectivity index (χ3n) is 2.96. The second kappa shape index (κ2) is 7.05. The zero-order valence-corrected chi connectivity index (χ0v) is 12.4. The van der Waals surface area contributed by atoms with Crippen molar-refractivity contribution >= 4 is 17.7 Å². The van der Waals surface area contributed by atoms with Gasteiger partial charge in [-0.05, 0) is 24.1 Å². The molecule has 2 aromatic rings. The Morgan fingerprint density at radius 1 is 1.20 bits per heavy atom. The Balaban J connectivity index is 1.88. The van der Waals surface area contributed by atoms with Crippen molar-refractivity contribution in [3.05, 3.63) is 53.9 Å². The first-order chi connectivity index (χ1) is 9.66. The van der Waals surface area contributed by atoms with Crippen LogP contribution in [0, 0.1) is 6.92 Å². The Kier molecular flexibility index (Phi) is 5.12. The molecule has 4 nitrogen and oxygen atoms in total. The van der Waals surface area contributed by atoms with Gasteiger partial charge in [0.05, 0.1) is 5.75 Å². The van der Waals surface area contributed by atoms with Gasteiger partial charge in [0.15, 0.2) is 5.16 Å². The standard InChI is InChI=1S/C15H17N3OS/c1-12-6-3-4-7-13(12)10-18(2)14(19)11-20-15-16-8-5-9-17-15/h3-9H,10-11H2,1-2H3. The van der Waals surface area contributed by atoms with E-state index in [0.717, 1.165) is 0 Å². The second-order valence-corrected chi connectivity index (χ2v) is 5.44. The molecule has 0 aliphatic heterocycles. The fourth-order valence-electron chi connectivity index (χ4n) is 1.73. The zero-order chi connectivity index (χ0) is 14.4. The predicted octanol–water partition coefficient (Wildman–Crippen LogP) is 2.54. The third-order valence-corrected chi connectivity index (χ3v) is 3.82. The number of thioether (sulfide) groups is 1. The molecule has 1 amide bonds. The number of carbonyl (C=O) groups excluding carboxylic acids is 1. The summed E-state index contributed by atoms with van der Waals surface area (Å²) in [5.74, 6) is 0.428. The number of aromatic nitrogens is 2. The molecule has 0 spiro atoms. The lowest BCUT2D eigenvalue weighted by atomic mass is 10.1. The molecule has 2 rings (SSSR count). The maximum absolute atomic E-state index is 12.1. The van der Waals surface area contributed by atoms with Gasteiger partial charge in [-0.1, -0.05) is 36.0 Å². The molecular formula is C15H17N3OS. The maximum Gasteiger partial charge on any atom is 0.233 e. The Morgan fingerprint density at radius 3 is 2.60 bits per heavy atom. The predicted molar refractivity (Wildman–Crippen MR) is 80.4 cm³/mol. The first-order valence-corrected chi connectivity index (χ1v) is 7.33. The van der Waals surface area contributed by atoms with Gasteiger partial charge in [-0.25, -0.2) is 9.97 Å². The number of aryl methyl sites for hydroxylation is 1. The molecule has 0 aliphatic carbocycles. The van der Waals surface area contributed by atoms with Crippen molar-refractivity contribution in [1.29, 1.82) is 0 Å². The molecule has 0 N–H and O–H groups in total. The van der Waals surface area contributed by atoms with E-state index in [1.807, 2.05) is 25.2 Å². The van der Waals surface area contributed by atoms with Crippen LogP contribution in [0.1, 0.15) is 11.1 Å². The van der Waals surface area contributed by atoms with Crippen molar-refractivity contribution in [3.63, 3.8) is 0 Å². The van der Waals surface area contributed by atoms with Crippen molar-refractivity contribution in [2.75, 3.05) is 12.8 Å². The van der Waals surface area contributed by atoms with Crippen LogP contribution in [-0.4, -0.2) is 33.6 Å². The van der Waals surface area contributed by atoms with E-state index in [0.29, 0.717) is 17.5 Å². The van der Waals surface area contributed by atoms with Crippen molar-refractivity contribution in [1.82, 2.24) is 14.9 Å². The lowest BCUT2D eigenvalue weighted by molar-refractivity contribution is -0.127. The minimum absolute atomic E-state index is 0.0747. The summed E-state index contributed by atoms with van der Waals surface area (Å²) in [6.07, 6.45) is 3.35. The van der Waals surface area contributed by atoms with E-state index >= 15 is 0 Å². The van der Waals surface area contributed by atoms with E-state index in [2.05, 4.69) is 23.0 Å². The fourth-order valence-corrected chi connectivity index (χ4v) is 2.47. The average molecular weight is 287 g/mol. The van der Waals surface area contributed by atoms with Crippen molar-refractivity contribution in [2.45, 2.75) is 18.6 Å². The van der Waals surface area contributed by atoms with Crippen LogP contribution in [0.25, 0.3) is 0 Å². The number of carbonyl (C=O) groups is 1. The van der Waals surface area contributed by atoms with Crippen LogP contribution in [0.4, 0.5) is 0 Å². The molecule has 0 radical (unpaired) electrons. The summed E-state index contributed by atoms with van der Waals surface area (Å²) in [6.45, 7) is 2.68. The largest absolute Gasteiger partial charge is 0.341 e. The lowest BCUT2D eigenvalue weighted by Gasteiger charge is -2.18. The minimum Gasteiger partial charge on any atom is -0.341 e. The first-order valence-electron chi connectivity index (χ1n) is 6.35. The molecule has 104 valence electrons. The Morgan fingerprint density at radius 2 is 1.90 bits per heavy atom. The number of hydrogen-bond donors (Lipinski definition) is 0. The summed E-state index contributed by atoms with van der Waals surface area (Å²) in [4.78, 5) is 22.0. The molecule has 0 fully saturated rings. The van der Waals surface area contributed by atoms with E-state index < -0.39 is 0 Å². The summed E-state index contributed by atoms with van der Waals surface area (Å²) in [6, 6.07) is 9.86. The van der Waals surface area contributed by atoms with Crippen LogP contribution in [0.15, 0.2) is 47.9 Å². The summed E-state index contributed by atoms with van der Waals surface area (Å²) < 4.78 is 0. The zero-order valence-electron chi connectivity index (χ0n) is 11.6. The van der Waals surface area contributed by atoms with Crippen molar-refractivity contribution in [2.24, 2.45) is 0 Å². The van der Waals surface area contributed by atoms with Gasteiger partial charge >= 0.3 is 0 Å². The average Bonchev–Trinajstić information content (AvgIpc) is 2.48. The highest BCUT2D eigenvalue weighted by Gasteiger charge is 2.11. The molecule has 1 aromatic heterocycles. The number of benzene rings is 1. The fraction of sp³-hybridized carbons (Fsp3) is 0.267. The number of nitrogens with zero attached hydrogens (tertiary/aromatic N) is 3. The summed E-state index contributed by atoms with van der Waals surface area (Å²) in [5, 5.41) is 0.630. The molecular weight excluding hydrogens is 270 g/mol. The normalized spacial score (nSPS) is 10.3. The summed E-state index contributed by atoms with van der Waals surface area (Å²) >= 11 is 1.36. The monoisotopic (exact) mass is 287 g/mol. The molecule has 0 saturated carbocycles. The van der Waals surface area contributed by atoms with E-state index in [1.165, 1.54) is 22.9 Å². The molecule has 1 heterocycles. The molecule has 0 unspecified atom stereocenters. The Labute approximate surface area is 123 Å². The van der Waals surface area contributed by atoms with E-state index in [9.17, 15) is 4.79 Å². The van der Waals surface area contributed by atoms with E-state index in [4.69, 9.17) is 0 Å². The minimum atomic E-state index is 0.0747. The molecule has 0 aliphatic rings. The molecule has 1 aromatic carbocycles. The van der Waals surface area contributed by atoms with Gasteiger partial charge in [-0.3, -0.25) is 4.79 Å². The van der Waals surface area contributed by atoms with Gasteiger partial charge in [0.2, 0.25) is 5.91 Å². The van der Waals surface area contributed by atoms with Crippen LogP contribution in [0.2, 0.25) is 0 Å². The van der Waals surface area contributed by atoms with Crippen LogP contribution in [-0.2, 0) is 11.3 Å². The SMILES string of the molecule is Cc1ccccc1CN(C)C(=O)CSc1ncccn1. The van der Waals surface area contributed by atoms with Gasteiger partial charge in [-0.2, -0.15) is 0 Å².